The van der Waals surface area contributed by atoms with E-state index in [1.165, 1.54) is 11.3 Å². The molecule has 1 aromatic heterocycles. The van der Waals surface area contributed by atoms with Crippen LogP contribution in [-0.4, -0.2) is 11.2 Å². The van der Waals surface area contributed by atoms with Gasteiger partial charge >= 0.3 is 0 Å². The van der Waals surface area contributed by atoms with E-state index in [2.05, 4.69) is 15.5 Å². The summed E-state index contributed by atoms with van der Waals surface area (Å²) in [7, 11) is 0. The molecule has 144 valence electrons. The first kappa shape index (κ1) is 19.2. The van der Waals surface area contributed by atoms with Crippen LogP contribution in [0.3, 0.4) is 0 Å². The second-order valence-corrected chi connectivity index (χ2v) is 7.49. The van der Waals surface area contributed by atoms with Crippen molar-refractivity contribution in [3.05, 3.63) is 100 Å². The van der Waals surface area contributed by atoms with Crippen LogP contribution in [-0.2, 0) is 6.61 Å². The first-order valence-electron chi connectivity index (χ1n) is 9.04. The van der Waals surface area contributed by atoms with E-state index in [0.29, 0.717) is 11.6 Å². The van der Waals surface area contributed by atoms with Gasteiger partial charge in [0.2, 0.25) is 5.13 Å². The molecule has 0 saturated carbocycles. The van der Waals surface area contributed by atoms with Crippen LogP contribution < -0.4 is 10.2 Å². The maximum atomic E-state index is 6.15. The van der Waals surface area contributed by atoms with Gasteiger partial charge in [0.1, 0.15) is 12.4 Å². The predicted molar refractivity (Wildman–Crippen MR) is 121 cm³/mol. The fraction of sp³-hybridized carbons (Fsp3) is 0.0435. The zero-order chi connectivity index (χ0) is 19.9. The Kier molecular flexibility index (Phi) is 6.19. The Morgan fingerprint density at radius 2 is 1.72 bits per heavy atom. The highest BCUT2D eigenvalue weighted by Crippen LogP contribution is 2.24. The summed E-state index contributed by atoms with van der Waals surface area (Å²) in [6, 6.07) is 25.5. The highest BCUT2D eigenvalue weighted by atomic mass is 35.5. The molecule has 0 aliphatic rings. The van der Waals surface area contributed by atoms with E-state index in [1.807, 2.05) is 84.2 Å². The molecule has 0 fully saturated rings. The van der Waals surface area contributed by atoms with Crippen molar-refractivity contribution in [1.29, 1.82) is 0 Å². The first-order valence-corrected chi connectivity index (χ1v) is 10.3. The van der Waals surface area contributed by atoms with Crippen molar-refractivity contribution in [2.24, 2.45) is 5.10 Å². The summed E-state index contributed by atoms with van der Waals surface area (Å²) in [4.78, 5) is 4.55. The third kappa shape index (κ3) is 5.22. The molecule has 6 heteroatoms. The molecule has 1 N–H and O–H groups in total. The van der Waals surface area contributed by atoms with Gasteiger partial charge in [-0.25, -0.2) is 4.98 Å². The van der Waals surface area contributed by atoms with Gasteiger partial charge in [0.25, 0.3) is 0 Å². The minimum atomic E-state index is 0.433. The molecule has 0 aliphatic carbocycles. The number of hydrazone groups is 1. The molecule has 3 aromatic carbocycles. The third-order valence-electron chi connectivity index (χ3n) is 4.18. The van der Waals surface area contributed by atoms with Crippen molar-refractivity contribution in [2.75, 3.05) is 5.43 Å². The van der Waals surface area contributed by atoms with Gasteiger partial charge in [0, 0.05) is 21.5 Å². The van der Waals surface area contributed by atoms with Crippen molar-refractivity contribution >= 4 is 34.3 Å². The molecule has 0 saturated heterocycles. The van der Waals surface area contributed by atoms with Gasteiger partial charge in [-0.15, -0.1) is 11.3 Å². The molecule has 4 nitrogen and oxygen atoms in total. The molecular formula is C23H18ClN3OS. The monoisotopic (exact) mass is 419 g/mol. The fourth-order valence-corrected chi connectivity index (χ4v) is 3.51. The minimum absolute atomic E-state index is 0.433. The standard InChI is InChI=1S/C23H18ClN3OS/c24-21-9-5-4-8-19(21)15-28-20-12-10-17(11-13-20)14-25-27-23-26-22(16-29-23)18-6-2-1-3-7-18/h1-14,16H,15H2,(H,26,27)/b25-14-. The Labute approximate surface area is 178 Å². The second kappa shape index (κ2) is 9.37. The average Bonchev–Trinajstić information content (AvgIpc) is 3.24. The SMILES string of the molecule is Clc1ccccc1COc1ccc(/C=N\Nc2nc(-c3ccccc3)cs2)cc1. The molecule has 29 heavy (non-hydrogen) atoms. The van der Waals surface area contributed by atoms with Crippen molar-refractivity contribution in [2.45, 2.75) is 6.61 Å². The average molecular weight is 420 g/mol. The lowest BCUT2D eigenvalue weighted by Crippen LogP contribution is -1.96. The van der Waals surface area contributed by atoms with Gasteiger partial charge in [-0.3, -0.25) is 5.43 Å². The Morgan fingerprint density at radius 3 is 2.52 bits per heavy atom. The minimum Gasteiger partial charge on any atom is -0.489 e. The molecule has 4 aromatic rings. The van der Waals surface area contributed by atoms with Gasteiger partial charge < -0.3 is 4.74 Å². The first-order chi connectivity index (χ1) is 14.3. The van der Waals surface area contributed by atoms with E-state index < -0.39 is 0 Å². The summed E-state index contributed by atoms with van der Waals surface area (Å²) in [5, 5.41) is 7.74. The summed E-state index contributed by atoms with van der Waals surface area (Å²) in [5.74, 6) is 0.780. The Morgan fingerprint density at radius 1 is 0.966 bits per heavy atom. The highest BCUT2D eigenvalue weighted by molar-refractivity contribution is 7.14. The second-order valence-electron chi connectivity index (χ2n) is 6.22. The topological polar surface area (TPSA) is 46.5 Å². The zero-order valence-electron chi connectivity index (χ0n) is 15.5. The molecule has 4 rings (SSSR count). The normalized spacial score (nSPS) is 10.9. The molecule has 0 aliphatic heterocycles. The smallest absolute Gasteiger partial charge is 0.203 e. The lowest BCUT2D eigenvalue weighted by Gasteiger charge is -2.07. The Bertz CT molecular complexity index is 1090. The van der Waals surface area contributed by atoms with Gasteiger partial charge in [-0.2, -0.15) is 5.10 Å². The molecule has 0 radical (unpaired) electrons. The summed E-state index contributed by atoms with van der Waals surface area (Å²) in [6.45, 7) is 0.433. The van der Waals surface area contributed by atoms with Gasteiger partial charge in [0.15, 0.2) is 0 Å². The Hall–Kier alpha value is -3.15. The maximum Gasteiger partial charge on any atom is 0.203 e. The Balaban J connectivity index is 1.31. The van der Waals surface area contributed by atoms with Crippen molar-refractivity contribution in [3.8, 4) is 17.0 Å². The molecule has 0 spiro atoms. The van der Waals surface area contributed by atoms with Crippen molar-refractivity contribution < 1.29 is 4.74 Å². The van der Waals surface area contributed by atoms with E-state index in [-0.39, 0.29) is 0 Å². The number of anilines is 1. The van der Waals surface area contributed by atoms with Crippen LogP contribution >= 0.6 is 22.9 Å². The van der Waals surface area contributed by atoms with Gasteiger partial charge in [-0.05, 0) is 35.9 Å². The quantitative estimate of drug-likeness (QED) is 0.275. The summed E-state index contributed by atoms with van der Waals surface area (Å²) < 4.78 is 5.79. The number of benzene rings is 3. The van der Waals surface area contributed by atoms with E-state index in [4.69, 9.17) is 16.3 Å². The van der Waals surface area contributed by atoms with E-state index >= 15 is 0 Å². The number of hydrogen-bond acceptors (Lipinski definition) is 5. The van der Waals surface area contributed by atoms with Crippen molar-refractivity contribution in [3.63, 3.8) is 0 Å². The van der Waals surface area contributed by atoms with E-state index in [9.17, 15) is 0 Å². The van der Waals surface area contributed by atoms with Gasteiger partial charge in [0.05, 0.1) is 11.9 Å². The number of halogens is 1. The molecular weight excluding hydrogens is 402 g/mol. The molecule has 0 unspecified atom stereocenters. The molecule has 0 amide bonds. The lowest BCUT2D eigenvalue weighted by atomic mass is 10.2. The van der Waals surface area contributed by atoms with E-state index in [1.54, 1.807) is 6.21 Å². The van der Waals surface area contributed by atoms with Gasteiger partial charge in [-0.1, -0.05) is 60.1 Å². The third-order valence-corrected chi connectivity index (χ3v) is 5.30. The summed E-state index contributed by atoms with van der Waals surface area (Å²) in [5.41, 5.74) is 6.93. The molecule has 1 heterocycles. The van der Waals surface area contributed by atoms with Crippen LogP contribution in [0.25, 0.3) is 11.3 Å². The number of rotatable bonds is 7. The number of nitrogens with zero attached hydrogens (tertiary/aromatic N) is 2. The zero-order valence-corrected chi connectivity index (χ0v) is 17.0. The maximum absolute atomic E-state index is 6.15. The number of thiazole rings is 1. The lowest BCUT2D eigenvalue weighted by molar-refractivity contribution is 0.306. The van der Waals surface area contributed by atoms with Crippen LogP contribution in [0.5, 0.6) is 5.75 Å². The highest BCUT2D eigenvalue weighted by Gasteiger charge is 2.03. The van der Waals surface area contributed by atoms with E-state index in [0.717, 1.165) is 33.3 Å². The predicted octanol–water partition coefficient (Wildman–Crippen LogP) is 6.49. The summed E-state index contributed by atoms with van der Waals surface area (Å²) >= 11 is 7.67. The fourth-order valence-electron chi connectivity index (χ4n) is 2.66. The number of ether oxygens (including phenoxy) is 1. The summed E-state index contributed by atoms with van der Waals surface area (Å²) in [6.07, 6.45) is 1.75. The van der Waals surface area contributed by atoms with Crippen LogP contribution in [0.1, 0.15) is 11.1 Å². The number of nitrogens with one attached hydrogen (secondary N) is 1. The number of hydrogen-bond donors (Lipinski definition) is 1. The van der Waals surface area contributed by atoms with Crippen LogP contribution in [0.4, 0.5) is 5.13 Å². The van der Waals surface area contributed by atoms with Crippen LogP contribution in [0, 0.1) is 0 Å². The molecule has 0 atom stereocenters. The van der Waals surface area contributed by atoms with Crippen LogP contribution in [0.15, 0.2) is 89.3 Å². The van der Waals surface area contributed by atoms with Crippen LogP contribution in [0.2, 0.25) is 5.02 Å². The largest absolute Gasteiger partial charge is 0.489 e. The van der Waals surface area contributed by atoms with Crippen molar-refractivity contribution in [1.82, 2.24) is 4.98 Å². The number of aromatic nitrogens is 1. The molecule has 0 bridgehead atoms.